The number of pyridine rings is 1. The summed E-state index contributed by atoms with van der Waals surface area (Å²) in [5, 5.41) is 1.15. The normalized spacial score (nSPS) is 11.8. The largest absolute Gasteiger partial charge is 0.481 e. The van der Waals surface area contributed by atoms with Crippen LogP contribution in [0.2, 0.25) is 5.02 Å². The predicted octanol–water partition coefficient (Wildman–Crippen LogP) is 5.48. The molecular formula is C19H17ClF4N2O4. The molecule has 162 valence electrons. The summed E-state index contributed by atoms with van der Waals surface area (Å²) in [6.07, 6.45) is -5.96. The quantitative estimate of drug-likeness (QED) is 0.495. The summed E-state index contributed by atoms with van der Waals surface area (Å²) < 4.78 is 63.9. The third-order valence-electron chi connectivity index (χ3n) is 3.55. The Morgan fingerprint density at radius 2 is 1.73 bits per heavy atom. The molecule has 1 heterocycles. The van der Waals surface area contributed by atoms with Crippen LogP contribution in [0.4, 0.5) is 28.0 Å². The van der Waals surface area contributed by atoms with Crippen LogP contribution in [-0.4, -0.2) is 29.6 Å². The van der Waals surface area contributed by atoms with Crippen molar-refractivity contribution in [1.82, 2.24) is 4.98 Å². The number of benzene rings is 1. The van der Waals surface area contributed by atoms with Crippen LogP contribution in [0.5, 0.6) is 5.88 Å². The van der Waals surface area contributed by atoms with Crippen molar-refractivity contribution in [3.8, 4) is 5.88 Å². The second-order valence-corrected chi connectivity index (χ2v) is 7.37. The van der Waals surface area contributed by atoms with Gasteiger partial charge in [0.1, 0.15) is 5.60 Å². The highest BCUT2D eigenvalue weighted by atomic mass is 35.5. The van der Waals surface area contributed by atoms with E-state index < -0.39 is 57.0 Å². The van der Waals surface area contributed by atoms with Gasteiger partial charge in [0.2, 0.25) is 11.7 Å². The zero-order chi connectivity index (χ0) is 22.9. The number of anilines is 1. The first-order chi connectivity index (χ1) is 13.7. The molecular weight excluding hydrogens is 432 g/mol. The number of hydrogen-bond donors (Lipinski definition) is 1. The zero-order valence-electron chi connectivity index (χ0n) is 16.3. The lowest BCUT2D eigenvalue weighted by Crippen LogP contribution is -2.28. The first kappa shape index (κ1) is 23.4. The smallest absolute Gasteiger partial charge is 0.417 e. The minimum Gasteiger partial charge on any atom is -0.481 e. The molecule has 0 radical (unpaired) electrons. The highest BCUT2D eigenvalue weighted by Crippen LogP contribution is 2.40. The Kier molecular flexibility index (Phi) is 6.60. The molecule has 0 fully saturated rings. The summed E-state index contributed by atoms with van der Waals surface area (Å²) in [6.45, 7) is 4.69. The fraction of sp³-hybridized carbons (Fsp3) is 0.316. The van der Waals surface area contributed by atoms with Gasteiger partial charge in [-0.2, -0.15) is 13.2 Å². The molecule has 1 aromatic heterocycles. The topological polar surface area (TPSA) is 77.5 Å². The number of ketones is 1. The minimum atomic E-state index is -4.91. The molecule has 0 saturated heterocycles. The SMILES string of the molecule is COc1ccc(F)c(C(=O)c2c(NC(=O)OC(C)(C)C)ccc(C(F)(F)F)c2Cl)n1. The lowest BCUT2D eigenvalue weighted by atomic mass is 10.0. The van der Waals surface area contributed by atoms with Crippen LogP contribution in [0.25, 0.3) is 0 Å². The zero-order valence-corrected chi connectivity index (χ0v) is 17.0. The monoisotopic (exact) mass is 448 g/mol. The first-order valence-electron chi connectivity index (χ1n) is 8.39. The van der Waals surface area contributed by atoms with Crippen LogP contribution < -0.4 is 10.1 Å². The fourth-order valence-corrected chi connectivity index (χ4v) is 2.71. The van der Waals surface area contributed by atoms with E-state index in [2.05, 4.69) is 10.3 Å². The van der Waals surface area contributed by atoms with Crippen molar-refractivity contribution in [2.24, 2.45) is 0 Å². The van der Waals surface area contributed by atoms with Crippen LogP contribution in [0, 0.1) is 5.82 Å². The van der Waals surface area contributed by atoms with Crippen LogP contribution in [-0.2, 0) is 10.9 Å². The maximum Gasteiger partial charge on any atom is 0.417 e. The number of ether oxygens (including phenoxy) is 2. The molecule has 0 aliphatic heterocycles. The van der Waals surface area contributed by atoms with Gasteiger partial charge >= 0.3 is 12.3 Å². The van der Waals surface area contributed by atoms with Crippen molar-refractivity contribution in [3.05, 3.63) is 51.9 Å². The Balaban J connectivity index is 2.64. The molecule has 1 N–H and O–H groups in total. The number of carbonyl (C=O) groups excluding carboxylic acids is 2. The number of aromatic nitrogens is 1. The van der Waals surface area contributed by atoms with Crippen LogP contribution in [0.3, 0.4) is 0 Å². The molecule has 0 saturated carbocycles. The molecule has 11 heteroatoms. The Morgan fingerprint density at radius 1 is 1.10 bits per heavy atom. The summed E-state index contributed by atoms with van der Waals surface area (Å²) in [5.74, 6) is -2.55. The Labute approximate surface area is 174 Å². The Morgan fingerprint density at radius 3 is 2.27 bits per heavy atom. The average Bonchev–Trinajstić information content (AvgIpc) is 2.59. The molecule has 1 aromatic carbocycles. The third kappa shape index (κ3) is 5.38. The predicted molar refractivity (Wildman–Crippen MR) is 100 cm³/mol. The molecule has 0 atom stereocenters. The average molecular weight is 449 g/mol. The number of rotatable bonds is 4. The summed E-state index contributed by atoms with van der Waals surface area (Å²) in [7, 11) is 1.21. The van der Waals surface area contributed by atoms with Gasteiger partial charge in [-0.15, -0.1) is 0 Å². The van der Waals surface area contributed by atoms with E-state index >= 15 is 0 Å². The molecule has 0 aliphatic rings. The summed E-state index contributed by atoms with van der Waals surface area (Å²) in [4.78, 5) is 28.7. The lowest BCUT2D eigenvalue weighted by molar-refractivity contribution is -0.137. The molecule has 2 rings (SSSR count). The highest BCUT2D eigenvalue weighted by Gasteiger charge is 2.37. The molecule has 0 spiro atoms. The van der Waals surface area contributed by atoms with Gasteiger partial charge in [-0.3, -0.25) is 10.1 Å². The van der Waals surface area contributed by atoms with Crippen molar-refractivity contribution in [3.63, 3.8) is 0 Å². The maximum absolute atomic E-state index is 14.2. The summed E-state index contributed by atoms with van der Waals surface area (Å²) in [5.41, 5.74) is -4.30. The van der Waals surface area contributed by atoms with E-state index in [9.17, 15) is 27.2 Å². The highest BCUT2D eigenvalue weighted by molar-refractivity contribution is 6.36. The van der Waals surface area contributed by atoms with E-state index in [0.29, 0.717) is 6.07 Å². The van der Waals surface area contributed by atoms with Gasteiger partial charge in [-0.25, -0.2) is 14.2 Å². The van der Waals surface area contributed by atoms with Gasteiger partial charge in [0.25, 0.3) is 0 Å². The Hall–Kier alpha value is -2.88. The van der Waals surface area contributed by atoms with Gasteiger partial charge < -0.3 is 9.47 Å². The molecule has 0 unspecified atom stereocenters. The van der Waals surface area contributed by atoms with E-state index in [1.165, 1.54) is 7.11 Å². The van der Waals surface area contributed by atoms with Gasteiger partial charge in [-0.05, 0) is 39.0 Å². The van der Waals surface area contributed by atoms with Gasteiger partial charge in [0.15, 0.2) is 11.5 Å². The van der Waals surface area contributed by atoms with Crippen molar-refractivity contribution in [2.75, 3.05) is 12.4 Å². The molecule has 0 aliphatic carbocycles. The lowest BCUT2D eigenvalue weighted by Gasteiger charge is -2.21. The molecule has 2 aromatic rings. The number of hydrogen-bond acceptors (Lipinski definition) is 5. The first-order valence-corrected chi connectivity index (χ1v) is 8.77. The number of methoxy groups -OCH3 is 1. The van der Waals surface area contributed by atoms with Crippen molar-refractivity contribution >= 4 is 29.2 Å². The number of amides is 1. The maximum atomic E-state index is 14.2. The second kappa shape index (κ2) is 8.47. The van der Waals surface area contributed by atoms with E-state index in [0.717, 1.165) is 18.2 Å². The third-order valence-corrected chi connectivity index (χ3v) is 3.95. The summed E-state index contributed by atoms with van der Waals surface area (Å²) in [6, 6.07) is 3.40. The number of carbonyl (C=O) groups is 2. The second-order valence-electron chi connectivity index (χ2n) is 6.99. The molecule has 1 amide bonds. The Bertz CT molecular complexity index is 988. The van der Waals surface area contributed by atoms with E-state index in [1.807, 2.05) is 0 Å². The van der Waals surface area contributed by atoms with Crippen LogP contribution >= 0.6 is 11.6 Å². The van der Waals surface area contributed by atoms with Gasteiger partial charge in [0, 0.05) is 6.07 Å². The van der Waals surface area contributed by atoms with Crippen molar-refractivity contribution < 1.29 is 36.6 Å². The standard InChI is InChI=1S/C19H17ClF4N2O4/c1-18(2,3)30-17(28)25-11-7-5-9(19(22,23)24)14(20)13(11)16(27)15-10(21)6-8-12(26-15)29-4/h5-8H,1-4H3,(H,25,28). The van der Waals surface area contributed by atoms with Crippen LogP contribution in [0.1, 0.15) is 42.4 Å². The fourth-order valence-electron chi connectivity index (χ4n) is 2.35. The minimum absolute atomic E-state index is 0.149. The number of nitrogens with one attached hydrogen (secondary N) is 1. The number of alkyl halides is 3. The number of halogens is 5. The number of nitrogens with zero attached hydrogens (tertiary/aromatic N) is 1. The van der Waals surface area contributed by atoms with E-state index in [4.69, 9.17) is 21.1 Å². The molecule has 0 bridgehead atoms. The van der Waals surface area contributed by atoms with E-state index in [1.54, 1.807) is 20.8 Å². The summed E-state index contributed by atoms with van der Waals surface area (Å²) >= 11 is 5.87. The molecule has 6 nitrogen and oxygen atoms in total. The van der Waals surface area contributed by atoms with E-state index in [-0.39, 0.29) is 5.88 Å². The van der Waals surface area contributed by atoms with Crippen LogP contribution in [0.15, 0.2) is 24.3 Å². The van der Waals surface area contributed by atoms with Gasteiger partial charge in [-0.1, -0.05) is 11.6 Å². The molecule has 30 heavy (non-hydrogen) atoms. The van der Waals surface area contributed by atoms with Gasteiger partial charge in [0.05, 0.1) is 28.9 Å². The van der Waals surface area contributed by atoms with Crippen molar-refractivity contribution in [2.45, 2.75) is 32.5 Å². The van der Waals surface area contributed by atoms with Crippen molar-refractivity contribution in [1.29, 1.82) is 0 Å².